The van der Waals surface area contributed by atoms with Crippen molar-refractivity contribution in [3.8, 4) is 0 Å². The Morgan fingerprint density at radius 1 is 1.12 bits per heavy atom. The van der Waals surface area contributed by atoms with Crippen LogP contribution in [0.25, 0.3) is 0 Å². The highest BCUT2D eigenvalue weighted by molar-refractivity contribution is 5.82. The van der Waals surface area contributed by atoms with Gasteiger partial charge in [-0.05, 0) is 43.7 Å². The number of carbonyl (C=O) groups excluding carboxylic acids is 1. The van der Waals surface area contributed by atoms with Crippen LogP contribution in [0.1, 0.15) is 31.2 Å². The number of nitrogens with one attached hydrogen (secondary N) is 1. The van der Waals surface area contributed by atoms with Crippen LogP contribution in [0.4, 0.5) is 0 Å². The van der Waals surface area contributed by atoms with E-state index in [2.05, 4.69) is 10.2 Å². The Morgan fingerprint density at radius 2 is 1.92 bits per heavy atom. The van der Waals surface area contributed by atoms with Crippen LogP contribution in [0.3, 0.4) is 0 Å². The van der Waals surface area contributed by atoms with Crippen molar-refractivity contribution in [1.82, 2.24) is 19.7 Å². The first-order valence-electron chi connectivity index (χ1n) is 9.63. The lowest BCUT2D eigenvalue weighted by Gasteiger charge is -2.36. The zero-order valence-electron chi connectivity index (χ0n) is 14.8. The van der Waals surface area contributed by atoms with Gasteiger partial charge in [0.15, 0.2) is 0 Å². The van der Waals surface area contributed by atoms with E-state index in [0.29, 0.717) is 5.92 Å². The minimum atomic E-state index is 0.0394. The standard InChI is InChI=1S/C19H28N4O2/c24-18-6-5-16(14-23(18)13-15-3-4-15)12-21-8-10-22(11-9-21)19(25)17-2-1-7-20-17/h5-6,14-15,17,20H,1-4,7-13H2/t17-/m0/s1. The third kappa shape index (κ3) is 4.12. The highest BCUT2D eigenvalue weighted by Crippen LogP contribution is 2.30. The van der Waals surface area contributed by atoms with E-state index < -0.39 is 0 Å². The normalized spacial score (nSPS) is 24.6. The van der Waals surface area contributed by atoms with E-state index >= 15 is 0 Å². The van der Waals surface area contributed by atoms with Gasteiger partial charge >= 0.3 is 0 Å². The topological polar surface area (TPSA) is 57.6 Å². The number of amides is 1. The molecule has 1 aromatic heterocycles. The van der Waals surface area contributed by atoms with Gasteiger partial charge < -0.3 is 14.8 Å². The van der Waals surface area contributed by atoms with Gasteiger partial charge in [0.1, 0.15) is 0 Å². The van der Waals surface area contributed by atoms with Gasteiger partial charge in [-0.1, -0.05) is 6.07 Å². The van der Waals surface area contributed by atoms with Crippen LogP contribution in [-0.2, 0) is 17.9 Å². The first-order chi connectivity index (χ1) is 12.2. The summed E-state index contributed by atoms with van der Waals surface area (Å²) in [4.78, 5) is 28.8. The predicted octanol–water partition coefficient (Wildman–Crippen LogP) is 0.655. The summed E-state index contributed by atoms with van der Waals surface area (Å²) in [6.45, 7) is 6.10. The van der Waals surface area contributed by atoms with Gasteiger partial charge in [-0.2, -0.15) is 0 Å². The quantitative estimate of drug-likeness (QED) is 0.852. The molecule has 2 saturated heterocycles. The molecule has 136 valence electrons. The summed E-state index contributed by atoms with van der Waals surface area (Å²) < 4.78 is 1.87. The molecule has 0 spiro atoms. The maximum Gasteiger partial charge on any atom is 0.250 e. The zero-order chi connectivity index (χ0) is 17.2. The maximum absolute atomic E-state index is 12.5. The molecule has 25 heavy (non-hydrogen) atoms. The third-order valence-electron chi connectivity index (χ3n) is 5.65. The lowest BCUT2D eigenvalue weighted by molar-refractivity contribution is -0.134. The van der Waals surface area contributed by atoms with Gasteiger partial charge in [0.25, 0.3) is 5.56 Å². The number of pyridine rings is 1. The second-order valence-corrected chi connectivity index (χ2v) is 7.72. The number of hydrogen-bond acceptors (Lipinski definition) is 4. The van der Waals surface area contributed by atoms with Crippen LogP contribution >= 0.6 is 0 Å². The average Bonchev–Trinajstić information content (AvgIpc) is 3.27. The highest BCUT2D eigenvalue weighted by Gasteiger charge is 2.29. The summed E-state index contributed by atoms with van der Waals surface area (Å²) in [6.07, 6.45) is 6.61. The smallest absolute Gasteiger partial charge is 0.250 e. The van der Waals surface area contributed by atoms with Crippen LogP contribution < -0.4 is 10.9 Å². The van der Waals surface area contributed by atoms with Crippen molar-refractivity contribution in [2.24, 2.45) is 5.92 Å². The second kappa shape index (κ2) is 7.30. The van der Waals surface area contributed by atoms with Crippen molar-refractivity contribution in [2.75, 3.05) is 32.7 Å². The second-order valence-electron chi connectivity index (χ2n) is 7.72. The van der Waals surface area contributed by atoms with E-state index in [0.717, 1.165) is 58.7 Å². The molecule has 6 heteroatoms. The molecular weight excluding hydrogens is 316 g/mol. The maximum atomic E-state index is 12.5. The fourth-order valence-electron chi connectivity index (χ4n) is 3.90. The van der Waals surface area contributed by atoms with Gasteiger partial charge in [-0.25, -0.2) is 0 Å². The van der Waals surface area contributed by atoms with Gasteiger partial charge in [-0.3, -0.25) is 14.5 Å². The van der Waals surface area contributed by atoms with Gasteiger partial charge in [-0.15, -0.1) is 0 Å². The molecule has 2 aliphatic heterocycles. The Labute approximate surface area is 148 Å². The molecule has 1 aromatic rings. The molecule has 0 unspecified atom stereocenters. The summed E-state index contributed by atoms with van der Waals surface area (Å²) >= 11 is 0. The largest absolute Gasteiger partial charge is 0.339 e. The minimum Gasteiger partial charge on any atom is -0.339 e. The number of carbonyl (C=O) groups is 1. The van der Waals surface area contributed by atoms with Crippen LogP contribution in [0.2, 0.25) is 0 Å². The van der Waals surface area contributed by atoms with Crippen molar-refractivity contribution in [3.05, 3.63) is 34.2 Å². The summed E-state index contributed by atoms with van der Waals surface area (Å²) in [6, 6.07) is 3.69. The number of aromatic nitrogens is 1. The molecule has 4 rings (SSSR count). The Balaban J connectivity index is 1.31. The molecule has 1 saturated carbocycles. The Morgan fingerprint density at radius 3 is 2.60 bits per heavy atom. The molecule has 1 atom stereocenters. The molecule has 0 bridgehead atoms. The molecule has 1 amide bonds. The number of hydrogen-bond donors (Lipinski definition) is 1. The van der Waals surface area contributed by atoms with E-state index in [1.54, 1.807) is 6.07 Å². The number of nitrogens with zero attached hydrogens (tertiary/aromatic N) is 3. The molecule has 3 aliphatic rings. The van der Waals surface area contributed by atoms with E-state index in [-0.39, 0.29) is 17.5 Å². The first-order valence-corrected chi connectivity index (χ1v) is 9.63. The molecule has 3 heterocycles. The molecule has 0 radical (unpaired) electrons. The van der Waals surface area contributed by atoms with Crippen molar-refractivity contribution >= 4 is 5.91 Å². The monoisotopic (exact) mass is 344 g/mol. The van der Waals surface area contributed by atoms with Crippen molar-refractivity contribution < 1.29 is 4.79 Å². The fourth-order valence-corrected chi connectivity index (χ4v) is 3.90. The summed E-state index contributed by atoms with van der Waals surface area (Å²) in [5.41, 5.74) is 1.30. The number of piperazine rings is 1. The summed E-state index contributed by atoms with van der Waals surface area (Å²) in [5, 5.41) is 3.30. The molecule has 6 nitrogen and oxygen atoms in total. The Hall–Kier alpha value is -1.66. The van der Waals surface area contributed by atoms with Crippen LogP contribution in [0, 0.1) is 5.92 Å². The molecule has 1 N–H and O–H groups in total. The van der Waals surface area contributed by atoms with Crippen molar-refractivity contribution in [3.63, 3.8) is 0 Å². The first kappa shape index (κ1) is 16.8. The lowest BCUT2D eigenvalue weighted by atomic mass is 10.1. The average molecular weight is 344 g/mol. The van der Waals surface area contributed by atoms with Crippen LogP contribution in [0.5, 0.6) is 0 Å². The molecule has 0 aromatic carbocycles. The fraction of sp³-hybridized carbons (Fsp3) is 0.684. The number of rotatable bonds is 5. The Kier molecular flexibility index (Phi) is 4.90. The van der Waals surface area contributed by atoms with Gasteiger partial charge in [0, 0.05) is 51.5 Å². The summed E-state index contributed by atoms with van der Waals surface area (Å²) in [5.74, 6) is 0.974. The van der Waals surface area contributed by atoms with E-state index in [4.69, 9.17) is 0 Å². The molecule has 3 fully saturated rings. The lowest BCUT2D eigenvalue weighted by Crippen LogP contribution is -2.52. The van der Waals surface area contributed by atoms with Crippen molar-refractivity contribution in [1.29, 1.82) is 0 Å². The van der Waals surface area contributed by atoms with E-state index in [1.807, 2.05) is 21.7 Å². The minimum absolute atomic E-state index is 0.0394. The van der Waals surface area contributed by atoms with Crippen molar-refractivity contribution in [2.45, 2.75) is 44.8 Å². The SMILES string of the molecule is O=C([C@@H]1CCCN1)N1CCN(Cc2ccc(=O)n(CC3CC3)c2)CC1. The van der Waals surface area contributed by atoms with Gasteiger partial charge in [0.2, 0.25) is 5.91 Å². The zero-order valence-corrected chi connectivity index (χ0v) is 14.8. The summed E-state index contributed by atoms with van der Waals surface area (Å²) in [7, 11) is 0. The highest BCUT2D eigenvalue weighted by atomic mass is 16.2. The third-order valence-corrected chi connectivity index (χ3v) is 5.65. The van der Waals surface area contributed by atoms with Crippen LogP contribution in [0.15, 0.2) is 23.1 Å². The van der Waals surface area contributed by atoms with Gasteiger partial charge in [0.05, 0.1) is 6.04 Å². The van der Waals surface area contributed by atoms with E-state index in [9.17, 15) is 9.59 Å². The molecule has 1 aliphatic carbocycles. The Bertz CT molecular complexity index is 668. The molecular formula is C19H28N4O2. The predicted molar refractivity (Wildman–Crippen MR) is 96.3 cm³/mol. The van der Waals surface area contributed by atoms with E-state index in [1.165, 1.54) is 18.4 Å². The van der Waals surface area contributed by atoms with Crippen LogP contribution in [-0.4, -0.2) is 59.0 Å².